The Morgan fingerprint density at radius 3 is 2.50 bits per heavy atom. The largest absolute Gasteiger partial charge is 0.496 e. The quantitative estimate of drug-likeness (QED) is 0.626. The molecule has 0 saturated heterocycles. The minimum atomic E-state index is 0.642. The average Bonchev–Trinajstić information content (AvgIpc) is 2.03. The average molecular weight is 164 g/mol. The van der Waals surface area contributed by atoms with Gasteiger partial charge in [-0.05, 0) is 31.0 Å². The summed E-state index contributed by atoms with van der Waals surface area (Å²) in [5.41, 5.74) is 2.71. The van der Waals surface area contributed by atoms with Gasteiger partial charge in [0, 0.05) is 0 Å². The zero-order valence-electron chi connectivity index (χ0n) is 7.55. The summed E-state index contributed by atoms with van der Waals surface area (Å²) in [6.07, 6.45) is 0.827. The van der Waals surface area contributed by atoms with Crippen LogP contribution in [0.2, 0.25) is 0 Å². The number of carbonyl (C=O) groups is 1. The van der Waals surface area contributed by atoms with E-state index in [0.717, 1.165) is 17.4 Å². The van der Waals surface area contributed by atoms with E-state index in [2.05, 4.69) is 0 Å². The normalized spacial score (nSPS) is 9.58. The molecule has 0 spiro atoms. The Kier molecular flexibility index (Phi) is 2.48. The van der Waals surface area contributed by atoms with Gasteiger partial charge in [0.25, 0.3) is 0 Å². The smallest absolute Gasteiger partial charge is 0.154 e. The van der Waals surface area contributed by atoms with Gasteiger partial charge < -0.3 is 4.74 Å². The number of aldehydes is 1. The third-order valence-corrected chi connectivity index (χ3v) is 1.83. The lowest BCUT2D eigenvalue weighted by molar-refractivity contribution is 0.112. The Labute approximate surface area is 72.2 Å². The molecule has 0 atom stereocenters. The van der Waals surface area contributed by atoms with Crippen molar-refractivity contribution in [3.63, 3.8) is 0 Å². The lowest BCUT2D eigenvalue weighted by Gasteiger charge is -2.07. The highest BCUT2D eigenvalue weighted by atomic mass is 16.5. The standard InChI is InChI=1S/C10H12O2/c1-7-4-8(2)9(6-11)10(5-7)12-3/h4-6H,1-3H3. The van der Waals surface area contributed by atoms with Gasteiger partial charge in [0.15, 0.2) is 6.29 Å². The molecule has 0 aliphatic carbocycles. The van der Waals surface area contributed by atoms with Gasteiger partial charge >= 0.3 is 0 Å². The van der Waals surface area contributed by atoms with Crippen molar-refractivity contribution in [3.05, 3.63) is 28.8 Å². The molecule has 0 unspecified atom stereocenters. The van der Waals surface area contributed by atoms with Gasteiger partial charge in [-0.1, -0.05) is 6.07 Å². The SMILES string of the molecule is COc1cc(C)cc(C)c1C=O. The number of aryl methyl sites for hydroxylation is 2. The molecule has 0 fully saturated rings. The van der Waals surface area contributed by atoms with Gasteiger partial charge in [0.05, 0.1) is 12.7 Å². The third kappa shape index (κ3) is 1.47. The minimum absolute atomic E-state index is 0.642. The monoisotopic (exact) mass is 164 g/mol. The zero-order chi connectivity index (χ0) is 9.14. The van der Waals surface area contributed by atoms with Gasteiger partial charge in [-0.25, -0.2) is 0 Å². The zero-order valence-corrected chi connectivity index (χ0v) is 7.55. The van der Waals surface area contributed by atoms with Gasteiger partial charge in [0.1, 0.15) is 5.75 Å². The Morgan fingerprint density at radius 2 is 2.00 bits per heavy atom. The van der Waals surface area contributed by atoms with Crippen LogP contribution in [0.3, 0.4) is 0 Å². The van der Waals surface area contributed by atoms with Crippen molar-refractivity contribution in [1.29, 1.82) is 0 Å². The molecule has 64 valence electrons. The van der Waals surface area contributed by atoms with E-state index in [-0.39, 0.29) is 0 Å². The summed E-state index contributed by atoms with van der Waals surface area (Å²) < 4.78 is 5.07. The molecule has 1 aromatic rings. The van der Waals surface area contributed by atoms with E-state index in [1.54, 1.807) is 7.11 Å². The van der Waals surface area contributed by atoms with Crippen LogP contribution in [0.4, 0.5) is 0 Å². The fraction of sp³-hybridized carbons (Fsp3) is 0.300. The van der Waals surface area contributed by atoms with Crippen LogP contribution >= 0.6 is 0 Å². The van der Waals surface area contributed by atoms with E-state index in [9.17, 15) is 4.79 Å². The van der Waals surface area contributed by atoms with Crippen molar-refractivity contribution in [2.24, 2.45) is 0 Å². The predicted octanol–water partition coefficient (Wildman–Crippen LogP) is 2.12. The van der Waals surface area contributed by atoms with E-state index >= 15 is 0 Å². The maximum Gasteiger partial charge on any atom is 0.154 e. The number of carbonyl (C=O) groups excluding carboxylic acids is 1. The first-order valence-corrected chi connectivity index (χ1v) is 3.79. The molecule has 0 saturated carbocycles. The van der Waals surface area contributed by atoms with Crippen molar-refractivity contribution in [1.82, 2.24) is 0 Å². The fourth-order valence-electron chi connectivity index (χ4n) is 1.26. The summed E-state index contributed by atoms with van der Waals surface area (Å²) in [6, 6.07) is 3.82. The molecule has 12 heavy (non-hydrogen) atoms. The van der Waals surface area contributed by atoms with Gasteiger partial charge in [-0.15, -0.1) is 0 Å². The molecule has 1 rings (SSSR count). The number of hydrogen-bond donors (Lipinski definition) is 0. The van der Waals surface area contributed by atoms with E-state index in [1.165, 1.54) is 0 Å². The first kappa shape index (κ1) is 8.78. The molecule has 0 radical (unpaired) electrons. The van der Waals surface area contributed by atoms with Crippen LogP contribution in [0.25, 0.3) is 0 Å². The number of benzene rings is 1. The molecule has 0 aliphatic rings. The summed E-state index contributed by atoms with van der Waals surface area (Å²) >= 11 is 0. The molecule has 0 bridgehead atoms. The first-order valence-electron chi connectivity index (χ1n) is 3.79. The lowest BCUT2D eigenvalue weighted by Crippen LogP contribution is -1.94. The molecule has 1 aromatic carbocycles. The Hall–Kier alpha value is -1.31. The molecule has 2 nitrogen and oxygen atoms in total. The number of hydrogen-bond acceptors (Lipinski definition) is 2. The van der Waals surface area contributed by atoms with E-state index in [1.807, 2.05) is 26.0 Å². The van der Waals surface area contributed by atoms with Crippen LogP contribution in [-0.2, 0) is 0 Å². The van der Waals surface area contributed by atoms with Crippen molar-refractivity contribution in [2.75, 3.05) is 7.11 Å². The van der Waals surface area contributed by atoms with Gasteiger partial charge in [0.2, 0.25) is 0 Å². The van der Waals surface area contributed by atoms with Crippen molar-refractivity contribution >= 4 is 6.29 Å². The number of rotatable bonds is 2. The molecule has 0 aromatic heterocycles. The highest BCUT2D eigenvalue weighted by Crippen LogP contribution is 2.21. The highest BCUT2D eigenvalue weighted by Gasteiger charge is 2.05. The van der Waals surface area contributed by atoms with Crippen molar-refractivity contribution < 1.29 is 9.53 Å². The summed E-state index contributed by atoms with van der Waals surface area (Å²) in [6.45, 7) is 3.88. The second-order valence-electron chi connectivity index (χ2n) is 2.82. The maximum absolute atomic E-state index is 10.6. The van der Waals surface area contributed by atoms with E-state index < -0.39 is 0 Å². The predicted molar refractivity (Wildman–Crippen MR) is 47.9 cm³/mol. The van der Waals surface area contributed by atoms with E-state index in [4.69, 9.17) is 4.74 Å². The molecule has 2 heteroatoms. The second kappa shape index (κ2) is 3.39. The van der Waals surface area contributed by atoms with E-state index in [0.29, 0.717) is 11.3 Å². The fourth-order valence-corrected chi connectivity index (χ4v) is 1.26. The molecular formula is C10H12O2. The Balaban J connectivity index is 3.33. The van der Waals surface area contributed by atoms with Crippen LogP contribution in [0.1, 0.15) is 21.5 Å². The van der Waals surface area contributed by atoms with Crippen molar-refractivity contribution in [3.8, 4) is 5.75 Å². The highest BCUT2D eigenvalue weighted by molar-refractivity contribution is 5.81. The first-order chi connectivity index (χ1) is 5.69. The molecule has 0 amide bonds. The van der Waals surface area contributed by atoms with Crippen LogP contribution in [0, 0.1) is 13.8 Å². The summed E-state index contributed by atoms with van der Waals surface area (Å²) in [4.78, 5) is 10.6. The van der Waals surface area contributed by atoms with Crippen LogP contribution in [0.15, 0.2) is 12.1 Å². The molecule has 0 heterocycles. The topological polar surface area (TPSA) is 26.3 Å². The maximum atomic E-state index is 10.6. The summed E-state index contributed by atoms with van der Waals surface area (Å²) in [7, 11) is 1.57. The van der Waals surface area contributed by atoms with Crippen molar-refractivity contribution in [2.45, 2.75) is 13.8 Å². The summed E-state index contributed by atoms with van der Waals surface area (Å²) in [5.74, 6) is 0.655. The number of ether oxygens (including phenoxy) is 1. The van der Waals surface area contributed by atoms with Gasteiger partial charge in [-0.3, -0.25) is 4.79 Å². The summed E-state index contributed by atoms with van der Waals surface area (Å²) in [5, 5.41) is 0. The molecular weight excluding hydrogens is 152 g/mol. The van der Waals surface area contributed by atoms with Crippen LogP contribution < -0.4 is 4.74 Å². The second-order valence-corrected chi connectivity index (χ2v) is 2.82. The number of methoxy groups -OCH3 is 1. The minimum Gasteiger partial charge on any atom is -0.496 e. The van der Waals surface area contributed by atoms with Crippen LogP contribution in [0.5, 0.6) is 5.75 Å². The lowest BCUT2D eigenvalue weighted by atomic mass is 10.1. The Bertz CT molecular complexity index is 303. The molecule has 0 N–H and O–H groups in total. The van der Waals surface area contributed by atoms with Gasteiger partial charge in [-0.2, -0.15) is 0 Å². The van der Waals surface area contributed by atoms with Crippen LogP contribution in [-0.4, -0.2) is 13.4 Å². The molecule has 0 aliphatic heterocycles. The third-order valence-electron chi connectivity index (χ3n) is 1.83. The Morgan fingerprint density at radius 1 is 1.33 bits per heavy atom.